The lowest BCUT2D eigenvalue weighted by Crippen LogP contribution is -2.37. The molecule has 2 heteroatoms. The lowest BCUT2D eigenvalue weighted by Gasteiger charge is -2.32. The van der Waals surface area contributed by atoms with Gasteiger partial charge in [0.2, 0.25) is 0 Å². The van der Waals surface area contributed by atoms with E-state index < -0.39 is 0 Å². The van der Waals surface area contributed by atoms with E-state index in [1.807, 2.05) is 6.07 Å². The molecule has 0 radical (unpaired) electrons. The van der Waals surface area contributed by atoms with Gasteiger partial charge in [-0.05, 0) is 61.4 Å². The van der Waals surface area contributed by atoms with Crippen molar-refractivity contribution in [2.24, 2.45) is 5.92 Å². The average Bonchev–Trinajstić information content (AvgIpc) is 2.75. The molecule has 1 aromatic carbocycles. The van der Waals surface area contributed by atoms with E-state index in [9.17, 15) is 0 Å². The van der Waals surface area contributed by atoms with Crippen LogP contribution in [0.1, 0.15) is 30.9 Å². The normalized spacial score (nSPS) is 29.3. The third-order valence-corrected chi connectivity index (χ3v) is 4.58. The predicted molar refractivity (Wildman–Crippen MR) is 72.6 cm³/mol. The standard InChI is InChI=1S/C15H20ClN/c1-11-6-7-17(10-11)15-5-3-12-2-4-14(16)8-13(12)9-15/h2,4,8,11,15H,3,5-7,9-10H2,1H3. The maximum Gasteiger partial charge on any atom is 0.0408 e. The second-order valence-corrected chi connectivity index (χ2v) is 6.13. The highest BCUT2D eigenvalue weighted by Gasteiger charge is 2.28. The molecule has 17 heavy (non-hydrogen) atoms. The summed E-state index contributed by atoms with van der Waals surface area (Å²) in [5, 5.41) is 0.888. The fraction of sp³-hybridized carbons (Fsp3) is 0.600. The summed E-state index contributed by atoms with van der Waals surface area (Å²) in [6.07, 6.45) is 5.12. The molecule has 2 atom stereocenters. The summed E-state index contributed by atoms with van der Waals surface area (Å²) in [6.45, 7) is 4.95. The lowest BCUT2D eigenvalue weighted by molar-refractivity contribution is 0.216. The Bertz CT molecular complexity index is 415. The maximum atomic E-state index is 6.09. The number of hydrogen-bond acceptors (Lipinski definition) is 1. The molecular weight excluding hydrogens is 230 g/mol. The van der Waals surface area contributed by atoms with Crippen molar-refractivity contribution in [1.29, 1.82) is 0 Å². The first-order valence-corrected chi connectivity index (χ1v) is 7.11. The molecule has 1 aliphatic carbocycles. The number of benzene rings is 1. The zero-order valence-corrected chi connectivity index (χ0v) is 11.2. The van der Waals surface area contributed by atoms with E-state index in [1.54, 1.807) is 0 Å². The van der Waals surface area contributed by atoms with Crippen molar-refractivity contribution in [2.75, 3.05) is 13.1 Å². The van der Waals surface area contributed by atoms with Gasteiger partial charge in [-0.2, -0.15) is 0 Å². The van der Waals surface area contributed by atoms with E-state index in [1.165, 1.54) is 49.9 Å². The summed E-state index contributed by atoms with van der Waals surface area (Å²) in [4.78, 5) is 2.69. The number of rotatable bonds is 1. The second-order valence-electron chi connectivity index (χ2n) is 5.70. The average molecular weight is 250 g/mol. The Hall–Kier alpha value is -0.530. The van der Waals surface area contributed by atoms with Crippen molar-refractivity contribution >= 4 is 11.6 Å². The quantitative estimate of drug-likeness (QED) is 0.736. The van der Waals surface area contributed by atoms with Crippen LogP contribution in [0.3, 0.4) is 0 Å². The van der Waals surface area contributed by atoms with Gasteiger partial charge in [0.1, 0.15) is 0 Å². The molecule has 0 aromatic heterocycles. The van der Waals surface area contributed by atoms with E-state index >= 15 is 0 Å². The van der Waals surface area contributed by atoms with Gasteiger partial charge in [-0.25, -0.2) is 0 Å². The van der Waals surface area contributed by atoms with Gasteiger partial charge >= 0.3 is 0 Å². The highest BCUT2D eigenvalue weighted by atomic mass is 35.5. The second kappa shape index (κ2) is 4.62. The Morgan fingerprint density at radius 3 is 2.88 bits per heavy atom. The highest BCUT2D eigenvalue weighted by Crippen LogP contribution is 2.29. The van der Waals surface area contributed by atoms with Crippen LogP contribution in [0.5, 0.6) is 0 Å². The van der Waals surface area contributed by atoms with Gasteiger partial charge in [0.15, 0.2) is 0 Å². The topological polar surface area (TPSA) is 3.24 Å². The Morgan fingerprint density at radius 2 is 2.12 bits per heavy atom. The van der Waals surface area contributed by atoms with Crippen LogP contribution in [0, 0.1) is 5.92 Å². The molecule has 1 nitrogen and oxygen atoms in total. The minimum absolute atomic E-state index is 0.755. The van der Waals surface area contributed by atoms with Crippen LogP contribution in [0.4, 0.5) is 0 Å². The number of fused-ring (bicyclic) bond motifs is 1. The molecular formula is C15H20ClN. The van der Waals surface area contributed by atoms with Crippen molar-refractivity contribution < 1.29 is 0 Å². The van der Waals surface area contributed by atoms with Gasteiger partial charge < -0.3 is 0 Å². The summed E-state index contributed by atoms with van der Waals surface area (Å²) in [7, 11) is 0. The molecule has 1 saturated heterocycles. The van der Waals surface area contributed by atoms with E-state index in [0.29, 0.717) is 0 Å². The molecule has 92 valence electrons. The molecule has 2 unspecified atom stereocenters. The number of likely N-dealkylation sites (tertiary alicyclic amines) is 1. The first kappa shape index (κ1) is 11.6. The van der Waals surface area contributed by atoms with Crippen LogP contribution < -0.4 is 0 Å². The smallest absolute Gasteiger partial charge is 0.0408 e. The maximum absolute atomic E-state index is 6.09. The van der Waals surface area contributed by atoms with Gasteiger partial charge in [0, 0.05) is 17.6 Å². The van der Waals surface area contributed by atoms with Crippen LogP contribution in [0.25, 0.3) is 0 Å². The van der Waals surface area contributed by atoms with E-state index in [4.69, 9.17) is 11.6 Å². The first-order valence-electron chi connectivity index (χ1n) is 6.74. The van der Waals surface area contributed by atoms with Crippen molar-refractivity contribution in [2.45, 2.75) is 38.6 Å². The summed E-state index contributed by atoms with van der Waals surface area (Å²) in [5.41, 5.74) is 2.99. The summed E-state index contributed by atoms with van der Waals surface area (Å²) in [5.74, 6) is 0.885. The van der Waals surface area contributed by atoms with Crippen LogP contribution in [0.15, 0.2) is 18.2 Å². The number of aryl methyl sites for hydroxylation is 1. The molecule has 1 aliphatic heterocycles. The summed E-state index contributed by atoms with van der Waals surface area (Å²) < 4.78 is 0. The Kier molecular flexibility index (Phi) is 3.14. The summed E-state index contributed by atoms with van der Waals surface area (Å²) in [6, 6.07) is 7.16. The molecule has 0 spiro atoms. The van der Waals surface area contributed by atoms with Crippen molar-refractivity contribution in [3.8, 4) is 0 Å². The van der Waals surface area contributed by atoms with Crippen LogP contribution in [-0.4, -0.2) is 24.0 Å². The molecule has 2 aliphatic rings. The Balaban J connectivity index is 1.76. The number of hydrogen-bond donors (Lipinski definition) is 0. The molecule has 0 saturated carbocycles. The van der Waals surface area contributed by atoms with Gasteiger partial charge in [-0.3, -0.25) is 4.90 Å². The monoisotopic (exact) mass is 249 g/mol. The molecule has 0 N–H and O–H groups in total. The van der Waals surface area contributed by atoms with Gasteiger partial charge in [-0.15, -0.1) is 0 Å². The van der Waals surface area contributed by atoms with Crippen LogP contribution in [0.2, 0.25) is 5.02 Å². The zero-order chi connectivity index (χ0) is 11.8. The van der Waals surface area contributed by atoms with Crippen molar-refractivity contribution in [3.05, 3.63) is 34.3 Å². The minimum Gasteiger partial charge on any atom is -0.300 e. The fourth-order valence-corrected chi connectivity index (χ4v) is 3.51. The van der Waals surface area contributed by atoms with E-state index in [0.717, 1.165) is 17.0 Å². The van der Waals surface area contributed by atoms with E-state index in [2.05, 4.69) is 24.0 Å². The Morgan fingerprint density at radius 1 is 1.24 bits per heavy atom. The van der Waals surface area contributed by atoms with E-state index in [-0.39, 0.29) is 0 Å². The fourth-order valence-electron chi connectivity index (χ4n) is 3.32. The SMILES string of the molecule is CC1CCN(C2CCc3ccc(Cl)cc3C2)C1. The van der Waals surface area contributed by atoms with Gasteiger partial charge in [0.25, 0.3) is 0 Å². The molecule has 1 aromatic rings. The number of halogens is 1. The molecule has 0 amide bonds. The third kappa shape index (κ3) is 2.36. The van der Waals surface area contributed by atoms with Crippen molar-refractivity contribution in [1.82, 2.24) is 4.90 Å². The molecule has 1 fully saturated rings. The molecule has 0 bridgehead atoms. The van der Waals surface area contributed by atoms with Gasteiger partial charge in [-0.1, -0.05) is 24.6 Å². The molecule has 1 heterocycles. The zero-order valence-electron chi connectivity index (χ0n) is 10.5. The molecule has 3 rings (SSSR count). The van der Waals surface area contributed by atoms with Crippen molar-refractivity contribution in [3.63, 3.8) is 0 Å². The largest absolute Gasteiger partial charge is 0.300 e. The summed E-state index contributed by atoms with van der Waals surface area (Å²) >= 11 is 6.09. The lowest BCUT2D eigenvalue weighted by atomic mass is 9.87. The first-order chi connectivity index (χ1) is 8.22. The van der Waals surface area contributed by atoms with Crippen LogP contribution in [-0.2, 0) is 12.8 Å². The van der Waals surface area contributed by atoms with Gasteiger partial charge in [0.05, 0.1) is 0 Å². The predicted octanol–water partition coefficient (Wildman–Crippen LogP) is 3.54. The number of nitrogens with zero attached hydrogens (tertiary/aromatic N) is 1. The highest BCUT2D eigenvalue weighted by molar-refractivity contribution is 6.30. The van der Waals surface area contributed by atoms with Crippen LogP contribution >= 0.6 is 11.6 Å². The third-order valence-electron chi connectivity index (χ3n) is 4.34. The Labute approximate surface area is 109 Å². The minimum atomic E-state index is 0.755.